The van der Waals surface area contributed by atoms with E-state index in [1.54, 1.807) is 0 Å². The van der Waals surface area contributed by atoms with E-state index in [9.17, 15) is 4.79 Å². The van der Waals surface area contributed by atoms with E-state index in [0.717, 1.165) is 12.2 Å². The minimum absolute atomic E-state index is 0.0463. The van der Waals surface area contributed by atoms with Crippen molar-refractivity contribution in [3.05, 3.63) is 29.8 Å². The molecule has 0 aliphatic carbocycles. The quantitative estimate of drug-likeness (QED) is 0.757. The highest BCUT2D eigenvalue weighted by Crippen LogP contribution is 2.33. The number of nitrogens with one attached hydrogen (secondary N) is 2. The third-order valence-corrected chi connectivity index (χ3v) is 3.56. The molecule has 1 aliphatic rings. The first-order valence-corrected chi connectivity index (χ1v) is 6.72. The van der Waals surface area contributed by atoms with Crippen LogP contribution in [0.2, 0.25) is 0 Å². The van der Waals surface area contributed by atoms with Crippen molar-refractivity contribution in [2.75, 3.05) is 25.0 Å². The summed E-state index contributed by atoms with van der Waals surface area (Å²) in [6.45, 7) is 5.25. The summed E-state index contributed by atoms with van der Waals surface area (Å²) in [5.74, 6) is 0.290. The summed E-state index contributed by atoms with van der Waals surface area (Å²) >= 11 is 0. The van der Waals surface area contributed by atoms with Crippen LogP contribution in [0, 0.1) is 5.41 Å². The minimum Gasteiger partial charge on any atom is -0.396 e. The summed E-state index contributed by atoms with van der Waals surface area (Å²) < 4.78 is 0. The fourth-order valence-electron chi connectivity index (χ4n) is 2.23. The van der Waals surface area contributed by atoms with Gasteiger partial charge in [-0.3, -0.25) is 4.79 Å². The smallest absolute Gasteiger partial charge is 0.220 e. The number of carbonyl (C=O) groups is 1. The highest BCUT2D eigenvalue weighted by atomic mass is 16.3. The second-order valence-electron chi connectivity index (χ2n) is 5.97. The van der Waals surface area contributed by atoms with Gasteiger partial charge >= 0.3 is 0 Å². The molecule has 1 amide bonds. The highest BCUT2D eigenvalue weighted by molar-refractivity contribution is 5.78. The van der Waals surface area contributed by atoms with Crippen molar-refractivity contribution in [2.24, 2.45) is 5.41 Å². The van der Waals surface area contributed by atoms with Crippen LogP contribution in [0.1, 0.15) is 31.7 Å². The van der Waals surface area contributed by atoms with Crippen LogP contribution >= 0.6 is 0 Å². The summed E-state index contributed by atoms with van der Waals surface area (Å²) in [6.07, 6.45) is 0.492. The molecule has 1 atom stereocenters. The van der Waals surface area contributed by atoms with Crippen LogP contribution in [0.4, 0.5) is 5.69 Å². The molecule has 4 heteroatoms. The number of benzene rings is 1. The van der Waals surface area contributed by atoms with Crippen molar-refractivity contribution in [1.29, 1.82) is 0 Å². The fraction of sp³-hybridized carbons (Fsp3) is 0.533. The van der Waals surface area contributed by atoms with Crippen LogP contribution in [0.5, 0.6) is 0 Å². The highest BCUT2D eigenvalue weighted by Gasteiger charge is 2.25. The lowest BCUT2D eigenvalue weighted by molar-refractivity contribution is -0.121. The summed E-state index contributed by atoms with van der Waals surface area (Å²) in [7, 11) is 0. The molecule has 4 nitrogen and oxygen atoms in total. The molecule has 1 aromatic carbocycles. The number of carbonyl (C=O) groups excluding carboxylic acids is 1. The Morgan fingerprint density at radius 1 is 1.47 bits per heavy atom. The molecular formula is C15H22N2O2. The van der Waals surface area contributed by atoms with Crippen molar-refractivity contribution in [3.63, 3.8) is 0 Å². The number of aliphatic hydroxyl groups excluding tert-OH is 1. The van der Waals surface area contributed by atoms with E-state index in [4.69, 9.17) is 5.11 Å². The molecule has 1 heterocycles. The zero-order valence-electron chi connectivity index (χ0n) is 11.6. The lowest BCUT2D eigenvalue weighted by Gasteiger charge is -2.22. The van der Waals surface area contributed by atoms with Gasteiger partial charge in [0.15, 0.2) is 0 Å². The van der Waals surface area contributed by atoms with Crippen LogP contribution < -0.4 is 10.6 Å². The summed E-state index contributed by atoms with van der Waals surface area (Å²) in [5, 5.41) is 15.4. The molecule has 0 spiro atoms. The number of para-hydroxylation sites is 1. The van der Waals surface area contributed by atoms with Gasteiger partial charge < -0.3 is 15.7 Å². The fourth-order valence-corrected chi connectivity index (χ4v) is 2.23. The van der Waals surface area contributed by atoms with Crippen molar-refractivity contribution in [1.82, 2.24) is 5.32 Å². The molecule has 1 unspecified atom stereocenters. The van der Waals surface area contributed by atoms with Crippen LogP contribution in [0.15, 0.2) is 24.3 Å². The third-order valence-electron chi connectivity index (χ3n) is 3.56. The van der Waals surface area contributed by atoms with Gasteiger partial charge in [0.05, 0.1) is 0 Å². The van der Waals surface area contributed by atoms with E-state index in [1.165, 1.54) is 5.56 Å². The third kappa shape index (κ3) is 3.47. The van der Waals surface area contributed by atoms with Gasteiger partial charge in [0, 0.05) is 43.1 Å². The van der Waals surface area contributed by atoms with Crippen LogP contribution in [0.3, 0.4) is 0 Å². The lowest BCUT2D eigenvalue weighted by Crippen LogP contribution is -2.36. The van der Waals surface area contributed by atoms with E-state index in [2.05, 4.69) is 16.7 Å². The van der Waals surface area contributed by atoms with Gasteiger partial charge in [-0.05, 0) is 11.6 Å². The molecular weight excluding hydrogens is 240 g/mol. The number of fused-ring (bicyclic) bond motifs is 1. The Labute approximate surface area is 114 Å². The molecule has 0 aromatic heterocycles. The van der Waals surface area contributed by atoms with Crippen molar-refractivity contribution < 1.29 is 9.90 Å². The summed E-state index contributed by atoms with van der Waals surface area (Å²) in [5.41, 5.74) is 2.09. The molecule has 3 N–H and O–H groups in total. The van der Waals surface area contributed by atoms with E-state index in [0.29, 0.717) is 13.0 Å². The Morgan fingerprint density at radius 3 is 2.95 bits per heavy atom. The molecule has 1 aromatic rings. The number of amides is 1. The van der Waals surface area contributed by atoms with Gasteiger partial charge in [-0.1, -0.05) is 32.0 Å². The van der Waals surface area contributed by atoms with Crippen molar-refractivity contribution >= 4 is 11.6 Å². The Balaban J connectivity index is 1.88. The minimum atomic E-state index is -0.262. The Hall–Kier alpha value is -1.55. The zero-order chi connectivity index (χ0) is 13.9. The van der Waals surface area contributed by atoms with E-state index >= 15 is 0 Å². The van der Waals surface area contributed by atoms with Crippen molar-refractivity contribution in [3.8, 4) is 0 Å². The molecule has 2 rings (SSSR count). The summed E-state index contributed by atoms with van der Waals surface area (Å²) in [6, 6.07) is 8.12. The maximum atomic E-state index is 12.0. The van der Waals surface area contributed by atoms with Crippen molar-refractivity contribution in [2.45, 2.75) is 26.2 Å². The average molecular weight is 262 g/mol. The normalized spacial score (nSPS) is 17.7. The standard InChI is InChI=1S/C15H22N2O2/c1-15(2,10-18)9-17-14(19)7-11-8-16-13-6-4-3-5-12(11)13/h3-6,11,16,18H,7-10H2,1-2H3,(H,17,19). The number of aliphatic hydroxyl groups is 1. The first-order valence-electron chi connectivity index (χ1n) is 6.72. The van der Waals surface area contributed by atoms with Crippen LogP contribution in [-0.4, -0.2) is 30.7 Å². The molecule has 0 saturated heterocycles. The van der Waals surface area contributed by atoms with Gasteiger partial charge in [-0.25, -0.2) is 0 Å². The predicted octanol–water partition coefficient (Wildman–Crippen LogP) is 1.72. The van der Waals surface area contributed by atoms with Gasteiger partial charge in [0.25, 0.3) is 0 Å². The molecule has 0 bridgehead atoms. The molecule has 19 heavy (non-hydrogen) atoms. The maximum Gasteiger partial charge on any atom is 0.220 e. The largest absolute Gasteiger partial charge is 0.396 e. The first kappa shape index (κ1) is 13.9. The number of anilines is 1. The lowest BCUT2D eigenvalue weighted by atomic mass is 9.94. The topological polar surface area (TPSA) is 61.4 Å². The molecule has 1 aliphatic heterocycles. The second-order valence-corrected chi connectivity index (χ2v) is 5.97. The number of hydrogen-bond donors (Lipinski definition) is 3. The van der Waals surface area contributed by atoms with E-state index in [1.807, 2.05) is 32.0 Å². The Bertz CT molecular complexity index is 457. The van der Waals surface area contributed by atoms with Gasteiger partial charge in [0.1, 0.15) is 0 Å². The first-order chi connectivity index (χ1) is 9.02. The molecule has 0 radical (unpaired) electrons. The summed E-state index contributed by atoms with van der Waals surface area (Å²) in [4.78, 5) is 12.0. The van der Waals surface area contributed by atoms with Gasteiger partial charge in [-0.15, -0.1) is 0 Å². The van der Waals surface area contributed by atoms with E-state index in [-0.39, 0.29) is 23.8 Å². The molecule has 0 saturated carbocycles. The number of rotatable bonds is 5. The molecule has 0 fully saturated rings. The Kier molecular flexibility index (Phi) is 4.10. The van der Waals surface area contributed by atoms with Gasteiger partial charge in [-0.2, -0.15) is 0 Å². The van der Waals surface area contributed by atoms with Gasteiger partial charge in [0.2, 0.25) is 5.91 Å². The number of hydrogen-bond acceptors (Lipinski definition) is 3. The van der Waals surface area contributed by atoms with Crippen LogP contribution in [-0.2, 0) is 4.79 Å². The predicted molar refractivity (Wildman–Crippen MR) is 76.2 cm³/mol. The average Bonchev–Trinajstić information content (AvgIpc) is 2.80. The zero-order valence-corrected chi connectivity index (χ0v) is 11.6. The maximum absolute atomic E-state index is 12.0. The second kappa shape index (κ2) is 5.61. The van der Waals surface area contributed by atoms with E-state index < -0.39 is 0 Å². The molecule has 104 valence electrons. The SMILES string of the molecule is CC(C)(CO)CNC(=O)CC1CNc2ccccc21. The van der Waals surface area contributed by atoms with Crippen LogP contribution in [0.25, 0.3) is 0 Å². The monoisotopic (exact) mass is 262 g/mol. The Morgan fingerprint density at radius 2 is 2.21 bits per heavy atom.